The Morgan fingerprint density at radius 3 is 2.33 bits per heavy atom. The molecule has 230 valence electrons. The fraction of sp³-hybridized carbons (Fsp3) is 0.545. The Morgan fingerprint density at radius 2 is 1.67 bits per heavy atom. The smallest absolute Gasteiger partial charge is 0.407 e. The van der Waals surface area contributed by atoms with Crippen LogP contribution in [0.25, 0.3) is 0 Å². The number of fused-ring (bicyclic) bond motifs is 3. The Labute approximate surface area is 250 Å². The van der Waals surface area contributed by atoms with E-state index in [1.54, 1.807) is 37.3 Å². The van der Waals surface area contributed by atoms with Gasteiger partial charge >= 0.3 is 18.0 Å². The number of esters is 2. The van der Waals surface area contributed by atoms with Crippen molar-refractivity contribution >= 4 is 18.0 Å². The van der Waals surface area contributed by atoms with Gasteiger partial charge in [-0.3, -0.25) is 4.79 Å². The molecule has 3 unspecified atom stereocenters. The van der Waals surface area contributed by atoms with E-state index in [0.29, 0.717) is 17.5 Å². The van der Waals surface area contributed by atoms with Crippen LogP contribution >= 0.6 is 0 Å². The number of nitrogens with one attached hydrogen (secondary N) is 1. The number of benzene rings is 2. The van der Waals surface area contributed by atoms with Crippen LogP contribution in [0.4, 0.5) is 4.79 Å². The Morgan fingerprint density at radius 1 is 1.02 bits per heavy atom. The van der Waals surface area contributed by atoms with Crippen LogP contribution in [0.2, 0.25) is 0 Å². The van der Waals surface area contributed by atoms with E-state index in [-0.39, 0.29) is 25.6 Å². The Balaban J connectivity index is 1.33. The average molecular weight is 594 g/mol. The maximum Gasteiger partial charge on any atom is 0.407 e. The first-order valence-corrected chi connectivity index (χ1v) is 14.8. The van der Waals surface area contributed by atoms with Crippen LogP contribution in [-0.4, -0.2) is 59.3 Å². The van der Waals surface area contributed by atoms with Gasteiger partial charge in [0.2, 0.25) is 0 Å². The van der Waals surface area contributed by atoms with Crippen LogP contribution in [-0.2, 0) is 39.7 Å². The quantitative estimate of drug-likeness (QED) is 0.237. The molecule has 2 aromatic rings. The van der Waals surface area contributed by atoms with Crippen LogP contribution < -0.4 is 5.32 Å². The van der Waals surface area contributed by atoms with Crippen LogP contribution in [0.1, 0.15) is 70.2 Å². The zero-order valence-corrected chi connectivity index (χ0v) is 25.1. The molecule has 3 aliphatic carbocycles. The summed E-state index contributed by atoms with van der Waals surface area (Å²) in [6.45, 7) is 9.15. The molecule has 2 bridgehead atoms. The van der Waals surface area contributed by atoms with Crippen molar-refractivity contribution in [2.45, 2.75) is 82.5 Å². The zero-order chi connectivity index (χ0) is 31.0. The number of hydrogen-bond acceptors (Lipinski definition) is 9. The van der Waals surface area contributed by atoms with Gasteiger partial charge in [0.15, 0.2) is 6.10 Å². The number of carbonyl (C=O) groups is 3. The van der Waals surface area contributed by atoms with E-state index in [1.165, 1.54) is 6.92 Å². The van der Waals surface area contributed by atoms with Gasteiger partial charge in [-0.25, -0.2) is 9.59 Å². The molecule has 4 aliphatic rings. The molecule has 10 heteroatoms. The van der Waals surface area contributed by atoms with Crippen molar-refractivity contribution in [3.63, 3.8) is 0 Å². The van der Waals surface area contributed by atoms with Gasteiger partial charge in [0, 0.05) is 24.7 Å². The molecular weight excluding hydrogens is 554 g/mol. The molecule has 43 heavy (non-hydrogen) atoms. The highest BCUT2D eigenvalue weighted by Gasteiger charge is 2.96. The topological polar surface area (TPSA) is 144 Å². The van der Waals surface area contributed by atoms with Gasteiger partial charge in [0.25, 0.3) is 0 Å². The summed E-state index contributed by atoms with van der Waals surface area (Å²) < 4.78 is 23.3. The number of aliphatic hydroxyl groups excluding tert-OH is 1. The number of carbonyl (C=O) groups excluding carboxylic acids is 3. The average Bonchev–Trinajstić information content (AvgIpc) is 3.60. The molecule has 6 rings (SSSR count). The second-order valence-electron chi connectivity index (χ2n) is 13.0. The third kappa shape index (κ3) is 3.85. The molecule has 1 saturated heterocycles. The van der Waals surface area contributed by atoms with Crippen molar-refractivity contribution < 1.29 is 43.5 Å². The summed E-state index contributed by atoms with van der Waals surface area (Å²) in [6, 6.07) is 15.2. The number of epoxide rings is 1. The van der Waals surface area contributed by atoms with E-state index in [4.69, 9.17) is 18.9 Å². The highest BCUT2D eigenvalue weighted by Crippen LogP contribution is 2.89. The van der Waals surface area contributed by atoms with Gasteiger partial charge < -0.3 is 34.5 Å². The van der Waals surface area contributed by atoms with Crippen molar-refractivity contribution in [1.82, 2.24) is 5.32 Å². The molecule has 3 N–H and O–H groups in total. The van der Waals surface area contributed by atoms with E-state index < -0.39 is 63.9 Å². The predicted octanol–water partition coefficient (Wildman–Crippen LogP) is 3.63. The van der Waals surface area contributed by atoms with Crippen LogP contribution in [0, 0.1) is 16.7 Å². The maximum absolute atomic E-state index is 13.7. The lowest BCUT2D eigenvalue weighted by Gasteiger charge is -2.48. The summed E-state index contributed by atoms with van der Waals surface area (Å²) in [5.41, 5.74) is -2.24. The molecule has 1 aliphatic heterocycles. The minimum atomic E-state index is -1.71. The fourth-order valence-corrected chi connectivity index (χ4v) is 8.77. The van der Waals surface area contributed by atoms with Crippen LogP contribution in [0.15, 0.2) is 54.6 Å². The normalized spacial score (nSPS) is 35.4. The van der Waals surface area contributed by atoms with Crippen molar-refractivity contribution in [3.8, 4) is 0 Å². The van der Waals surface area contributed by atoms with E-state index in [0.717, 1.165) is 5.56 Å². The van der Waals surface area contributed by atoms with Crippen LogP contribution in [0.3, 0.4) is 0 Å². The number of hydrogen-bond donors (Lipinski definition) is 3. The largest absolute Gasteiger partial charge is 0.462 e. The standard InChI is InChI=1S/C33H39NO9/c1-6-40-28(38)34-25(20-12-8-7-9-13-20)26(36)27(37)42-24-16-23-29(3,4)30(24,5)32-17-31(39,18-41-19(2)35)21-14-10-11-15-22(21)33(23,32)43-32/h7-15,23-26,36,39H,6,16-18H2,1-5H3,(H,34,38)/t23?,24?,25-,26+,30?,31-,32-,33+/m0/s1. The van der Waals surface area contributed by atoms with Crippen molar-refractivity contribution in [2.24, 2.45) is 16.7 Å². The Bertz CT molecular complexity index is 1460. The molecular formula is C33H39NO9. The SMILES string of the molecule is CCOC(=O)N[C@@H](c1ccccc1)[C@@H](O)C(=O)OC1CC2C(C)(C)C1(C)[C@@]13C[C@](O)(COC(C)=O)c4ccccc4[C@@]21O3. The molecule has 1 amide bonds. The minimum absolute atomic E-state index is 0.0676. The molecule has 0 aromatic heterocycles. The van der Waals surface area contributed by atoms with E-state index in [2.05, 4.69) is 19.2 Å². The van der Waals surface area contributed by atoms with Gasteiger partial charge in [-0.15, -0.1) is 0 Å². The lowest BCUT2D eigenvalue weighted by molar-refractivity contribution is -0.177. The second kappa shape index (κ2) is 9.77. The molecule has 10 nitrogen and oxygen atoms in total. The fourth-order valence-electron chi connectivity index (χ4n) is 8.77. The number of rotatable bonds is 8. The predicted molar refractivity (Wildman–Crippen MR) is 152 cm³/mol. The molecule has 3 fully saturated rings. The first-order chi connectivity index (χ1) is 20.3. The maximum atomic E-state index is 13.7. The van der Waals surface area contributed by atoms with Gasteiger partial charge in [-0.05, 0) is 35.4 Å². The lowest BCUT2D eigenvalue weighted by Crippen LogP contribution is -2.57. The summed E-state index contributed by atoms with van der Waals surface area (Å²) in [4.78, 5) is 37.8. The molecule has 0 radical (unpaired) electrons. The zero-order valence-electron chi connectivity index (χ0n) is 25.1. The molecule has 2 saturated carbocycles. The van der Waals surface area contributed by atoms with Gasteiger partial charge in [0.1, 0.15) is 29.5 Å². The van der Waals surface area contributed by atoms with Crippen molar-refractivity contribution in [1.29, 1.82) is 0 Å². The monoisotopic (exact) mass is 593 g/mol. The third-order valence-corrected chi connectivity index (χ3v) is 10.9. The highest BCUT2D eigenvalue weighted by atomic mass is 16.6. The van der Waals surface area contributed by atoms with Crippen LogP contribution in [0.5, 0.6) is 0 Å². The summed E-state index contributed by atoms with van der Waals surface area (Å²) in [5, 5.41) is 25.9. The summed E-state index contributed by atoms with van der Waals surface area (Å²) >= 11 is 0. The summed E-state index contributed by atoms with van der Waals surface area (Å²) in [5.74, 6) is -1.45. The molecule has 1 heterocycles. The highest BCUT2D eigenvalue weighted by molar-refractivity contribution is 5.78. The second-order valence-corrected chi connectivity index (χ2v) is 13.0. The number of alkyl carbamates (subject to hydrolysis) is 1. The Kier molecular flexibility index (Phi) is 6.72. The minimum Gasteiger partial charge on any atom is -0.462 e. The molecule has 8 atom stereocenters. The van der Waals surface area contributed by atoms with E-state index in [9.17, 15) is 24.6 Å². The van der Waals surface area contributed by atoms with E-state index in [1.807, 2.05) is 31.2 Å². The summed E-state index contributed by atoms with van der Waals surface area (Å²) in [7, 11) is 0. The Hall–Kier alpha value is -3.47. The van der Waals surface area contributed by atoms with E-state index >= 15 is 0 Å². The van der Waals surface area contributed by atoms with Gasteiger partial charge in [0.05, 0.1) is 12.6 Å². The van der Waals surface area contributed by atoms with Gasteiger partial charge in [-0.2, -0.15) is 0 Å². The molecule has 2 aromatic carbocycles. The summed E-state index contributed by atoms with van der Waals surface area (Å²) in [6.07, 6.45) is -2.50. The first kappa shape index (κ1) is 29.6. The third-order valence-electron chi connectivity index (χ3n) is 10.9. The number of amides is 1. The van der Waals surface area contributed by atoms with Crippen molar-refractivity contribution in [3.05, 3.63) is 71.3 Å². The lowest BCUT2D eigenvalue weighted by atomic mass is 9.57. The number of aliphatic hydroxyl groups is 2. The first-order valence-electron chi connectivity index (χ1n) is 14.8. The number of ether oxygens (including phenoxy) is 4. The van der Waals surface area contributed by atoms with Gasteiger partial charge in [-0.1, -0.05) is 75.4 Å². The van der Waals surface area contributed by atoms with Crippen molar-refractivity contribution in [2.75, 3.05) is 13.2 Å². The molecule has 0 spiro atoms.